The molecular formula is C18H29NO2. The largest absolute Gasteiger partial charge is 0.507 e. The van der Waals surface area contributed by atoms with E-state index in [4.69, 9.17) is 4.74 Å². The molecule has 1 aliphatic carbocycles. The van der Waals surface area contributed by atoms with Gasteiger partial charge in [-0.1, -0.05) is 32.3 Å². The van der Waals surface area contributed by atoms with Gasteiger partial charge in [-0.05, 0) is 38.2 Å². The van der Waals surface area contributed by atoms with Gasteiger partial charge >= 0.3 is 0 Å². The molecule has 1 aromatic carbocycles. The fourth-order valence-corrected chi connectivity index (χ4v) is 3.55. The van der Waals surface area contributed by atoms with Gasteiger partial charge in [0.2, 0.25) is 0 Å². The molecule has 0 bridgehead atoms. The average molecular weight is 291 g/mol. The third kappa shape index (κ3) is 4.13. The van der Waals surface area contributed by atoms with Crippen LogP contribution in [0.1, 0.15) is 64.0 Å². The van der Waals surface area contributed by atoms with E-state index in [9.17, 15) is 5.11 Å². The van der Waals surface area contributed by atoms with Gasteiger partial charge in [0.15, 0.2) is 0 Å². The van der Waals surface area contributed by atoms with Crippen molar-refractivity contribution in [3.8, 4) is 11.5 Å². The van der Waals surface area contributed by atoms with Crippen molar-refractivity contribution in [2.24, 2.45) is 5.92 Å². The van der Waals surface area contributed by atoms with Crippen molar-refractivity contribution in [3.05, 3.63) is 23.8 Å². The van der Waals surface area contributed by atoms with Gasteiger partial charge in [-0.25, -0.2) is 0 Å². The Bertz CT molecular complexity index is 441. The van der Waals surface area contributed by atoms with Crippen LogP contribution in [0, 0.1) is 5.92 Å². The number of rotatable bonds is 6. The van der Waals surface area contributed by atoms with Crippen LogP contribution in [0.4, 0.5) is 0 Å². The highest BCUT2D eigenvalue weighted by atomic mass is 16.5. The van der Waals surface area contributed by atoms with Crippen molar-refractivity contribution in [2.45, 2.75) is 64.5 Å². The lowest BCUT2D eigenvalue weighted by atomic mass is 9.82. The summed E-state index contributed by atoms with van der Waals surface area (Å²) in [5.74, 6) is 1.79. The minimum Gasteiger partial charge on any atom is -0.507 e. The first-order valence-corrected chi connectivity index (χ1v) is 8.28. The quantitative estimate of drug-likeness (QED) is 0.815. The molecule has 0 radical (unpaired) electrons. The van der Waals surface area contributed by atoms with E-state index < -0.39 is 0 Å². The van der Waals surface area contributed by atoms with Crippen LogP contribution in [0.3, 0.4) is 0 Å². The van der Waals surface area contributed by atoms with Gasteiger partial charge in [-0.2, -0.15) is 0 Å². The molecule has 2 rings (SSSR count). The van der Waals surface area contributed by atoms with Crippen molar-refractivity contribution < 1.29 is 9.84 Å². The Morgan fingerprint density at radius 1 is 1.29 bits per heavy atom. The standard InChI is InChI=1S/C18H29NO2/c1-4-17(14-8-6-5-7-9-14)19-13(2)16-11-10-15(21-3)12-18(16)20/h10-14,17,19-20H,4-9H2,1-3H3. The Kier molecular flexibility index (Phi) is 5.92. The van der Waals surface area contributed by atoms with Crippen molar-refractivity contribution in [1.29, 1.82) is 0 Å². The normalized spacial score (nSPS) is 19.2. The molecule has 21 heavy (non-hydrogen) atoms. The predicted octanol–water partition coefficient (Wildman–Crippen LogP) is 4.41. The summed E-state index contributed by atoms with van der Waals surface area (Å²) in [4.78, 5) is 0. The SMILES string of the molecule is CCC(NC(C)c1ccc(OC)cc1O)C1CCCCC1. The van der Waals surface area contributed by atoms with Gasteiger partial charge < -0.3 is 15.2 Å². The van der Waals surface area contributed by atoms with E-state index in [1.165, 1.54) is 32.1 Å². The molecule has 0 spiro atoms. The maximum Gasteiger partial charge on any atom is 0.124 e. The van der Waals surface area contributed by atoms with Crippen LogP contribution in [-0.4, -0.2) is 18.3 Å². The summed E-state index contributed by atoms with van der Waals surface area (Å²) in [7, 11) is 1.62. The third-order valence-corrected chi connectivity index (χ3v) is 4.83. The molecule has 1 fully saturated rings. The molecule has 2 unspecified atom stereocenters. The van der Waals surface area contributed by atoms with Crippen molar-refractivity contribution in [2.75, 3.05) is 7.11 Å². The second-order valence-electron chi connectivity index (χ2n) is 6.23. The molecule has 2 atom stereocenters. The molecule has 2 N–H and O–H groups in total. The summed E-state index contributed by atoms with van der Waals surface area (Å²) in [5.41, 5.74) is 0.949. The molecule has 0 aliphatic heterocycles. The summed E-state index contributed by atoms with van der Waals surface area (Å²) in [5, 5.41) is 13.9. The number of aromatic hydroxyl groups is 1. The van der Waals surface area contributed by atoms with Crippen molar-refractivity contribution >= 4 is 0 Å². The van der Waals surface area contributed by atoms with E-state index in [-0.39, 0.29) is 6.04 Å². The molecule has 0 aromatic heterocycles. The lowest BCUT2D eigenvalue weighted by molar-refractivity contribution is 0.248. The van der Waals surface area contributed by atoms with E-state index in [1.807, 2.05) is 12.1 Å². The van der Waals surface area contributed by atoms with Gasteiger partial charge in [0.25, 0.3) is 0 Å². The predicted molar refractivity (Wildman–Crippen MR) is 86.9 cm³/mol. The van der Waals surface area contributed by atoms with Crippen LogP contribution in [0.25, 0.3) is 0 Å². The zero-order valence-corrected chi connectivity index (χ0v) is 13.6. The van der Waals surface area contributed by atoms with E-state index in [0.717, 1.165) is 17.9 Å². The van der Waals surface area contributed by atoms with E-state index in [1.54, 1.807) is 13.2 Å². The molecular weight excluding hydrogens is 262 g/mol. The smallest absolute Gasteiger partial charge is 0.124 e. The number of hydrogen-bond acceptors (Lipinski definition) is 3. The van der Waals surface area contributed by atoms with Gasteiger partial charge in [0, 0.05) is 23.7 Å². The molecule has 0 heterocycles. The first-order valence-electron chi connectivity index (χ1n) is 8.28. The molecule has 118 valence electrons. The van der Waals surface area contributed by atoms with Gasteiger partial charge in [0.05, 0.1) is 7.11 Å². The molecule has 3 heteroatoms. The summed E-state index contributed by atoms with van der Waals surface area (Å²) >= 11 is 0. The molecule has 0 amide bonds. The van der Waals surface area contributed by atoms with Crippen LogP contribution in [-0.2, 0) is 0 Å². The Morgan fingerprint density at radius 2 is 2.00 bits per heavy atom. The average Bonchev–Trinajstić information content (AvgIpc) is 2.53. The minimum absolute atomic E-state index is 0.155. The number of hydrogen-bond donors (Lipinski definition) is 2. The van der Waals surface area contributed by atoms with Crippen LogP contribution >= 0.6 is 0 Å². The number of phenols is 1. The second kappa shape index (κ2) is 7.69. The lowest BCUT2D eigenvalue weighted by Gasteiger charge is -2.33. The van der Waals surface area contributed by atoms with Crippen LogP contribution in [0.15, 0.2) is 18.2 Å². The van der Waals surface area contributed by atoms with Crippen molar-refractivity contribution in [1.82, 2.24) is 5.32 Å². The number of ether oxygens (including phenoxy) is 1. The molecule has 1 aromatic rings. The zero-order valence-electron chi connectivity index (χ0n) is 13.6. The number of benzene rings is 1. The fourth-order valence-electron chi connectivity index (χ4n) is 3.55. The van der Waals surface area contributed by atoms with Gasteiger partial charge in [-0.15, -0.1) is 0 Å². The van der Waals surface area contributed by atoms with E-state index >= 15 is 0 Å². The number of methoxy groups -OCH3 is 1. The first kappa shape index (κ1) is 16.2. The first-order chi connectivity index (χ1) is 10.2. The maximum absolute atomic E-state index is 10.2. The monoisotopic (exact) mass is 291 g/mol. The summed E-state index contributed by atoms with van der Waals surface area (Å²) < 4.78 is 5.15. The summed E-state index contributed by atoms with van der Waals surface area (Å²) in [6.07, 6.45) is 7.95. The maximum atomic E-state index is 10.2. The Labute approximate surface area is 128 Å². The highest BCUT2D eigenvalue weighted by Gasteiger charge is 2.24. The fraction of sp³-hybridized carbons (Fsp3) is 0.667. The Morgan fingerprint density at radius 3 is 2.57 bits per heavy atom. The van der Waals surface area contributed by atoms with Crippen LogP contribution in [0.5, 0.6) is 11.5 Å². The molecule has 1 aliphatic rings. The van der Waals surface area contributed by atoms with Crippen molar-refractivity contribution in [3.63, 3.8) is 0 Å². The highest BCUT2D eigenvalue weighted by molar-refractivity contribution is 5.41. The van der Waals surface area contributed by atoms with Gasteiger partial charge in [-0.3, -0.25) is 0 Å². The molecule has 1 saturated carbocycles. The molecule has 3 nitrogen and oxygen atoms in total. The zero-order chi connectivity index (χ0) is 15.2. The lowest BCUT2D eigenvalue weighted by Crippen LogP contribution is -2.38. The topological polar surface area (TPSA) is 41.5 Å². The summed E-state index contributed by atoms with van der Waals surface area (Å²) in [6, 6.07) is 6.26. The van der Waals surface area contributed by atoms with Gasteiger partial charge in [0.1, 0.15) is 11.5 Å². The van der Waals surface area contributed by atoms with E-state index in [2.05, 4.69) is 19.2 Å². The number of nitrogens with one attached hydrogen (secondary N) is 1. The Hall–Kier alpha value is -1.22. The number of phenolic OH excluding ortho intramolecular Hbond substituents is 1. The second-order valence-corrected chi connectivity index (χ2v) is 6.23. The minimum atomic E-state index is 0.155. The summed E-state index contributed by atoms with van der Waals surface area (Å²) in [6.45, 7) is 4.39. The Balaban J connectivity index is 2.03. The van der Waals surface area contributed by atoms with E-state index in [0.29, 0.717) is 17.5 Å². The van der Waals surface area contributed by atoms with Crippen LogP contribution in [0.2, 0.25) is 0 Å². The molecule has 0 saturated heterocycles. The third-order valence-electron chi connectivity index (χ3n) is 4.83. The highest BCUT2D eigenvalue weighted by Crippen LogP contribution is 2.32. The van der Waals surface area contributed by atoms with Crippen LogP contribution < -0.4 is 10.1 Å².